The molecule has 0 saturated carbocycles. The lowest BCUT2D eigenvalue weighted by molar-refractivity contribution is 0.0947. The van der Waals surface area contributed by atoms with Crippen molar-refractivity contribution < 1.29 is 9.53 Å². The number of nitrogens with one attached hydrogen (secondary N) is 1. The van der Waals surface area contributed by atoms with Crippen LogP contribution in [0.4, 0.5) is 0 Å². The van der Waals surface area contributed by atoms with Crippen molar-refractivity contribution in [3.05, 3.63) is 64.4 Å². The second-order valence-electron chi connectivity index (χ2n) is 7.19. The minimum absolute atomic E-state index is 0.256. The van der Waals surface area contributed by atoms with Gasteiger partial charge in [0.05, 0.1) is 23.4 Å². The molecule has 9 heteroatoms. The van der Waals surface area contributed by atoms with Gasteiger partial charge in [0.2, 0.25) is 0 Å². The second-order valence-corrected chi connectivity index (χ2v) is 7.60. The minimum Gasteiger partial charge on any atom is -0.496 e. The van der Waals surface area contributed by atoms with Crippen LogP contribution in [0.5, 0.6) is 5.75 Å². The third-order valence-electron chi connectivity index (χ3n) is 5.26. The summed E-state index contributed by atoms with van der Waals surface area (Å²) in [5.74, 6) is 0.140. The molecule has 0 radical (unpaired) electrons. The maximum absolute atomic E-state index is 12.9. The Balaban J connectivity index is 1.50. The maximum Gasteiger partial charge on any atom is 0.255 e. The molecule has 30 heavy (non-hydrogen) atoms. The van der Waals surface area contributed by atoms with E-state index in [-0.39, 0.29) is 5.91 Å². The van der Waals surface area contributed by atoms with Crippen LogP contribution in [0.25, 0.3) is 5.69 Å². The van der Waals surface area contributed by atoms with E-state index in [0.717, 1.165) is 25.2 Å². The molecule has 0 atom stereocenters. The highest BCUT2D eigenvalue weighted by Crippen LogP contribution is 2.29. The summed E-state index contributed by atoms with van der Waals surface area (Å²) in [6, 6.07) is 11.4. The fraction of sp³-hybridized carbons (Fsp3) is 0.333. The largest absolute Gasteiger partial charge is 0.496 e. The zero-order valence-electron chi connectivity index (χ0n) is 16.7. The van der Waals surface area contributed by atoms with Gasteiger partial charge in [-0.05, 0) is 53.6 Å². The van der Waals surface area contributed by atoms with Crippen molar-refractivity contribution in [1.82, 2.24) is 30.4 Å². The van der Waals surface area contributed by atoms with E-state index in [9.17, 15) is 4.79 Å². The van der Waals surface area contributed by atoms with Gasteiger partial charge >= 0.3 is 0 Å². The van der Waals surface area contributed by atoms with E-state index in [2.05, 4.69) is 37.9 Å². The Bertz CT molecular complexity index is 1020. The van der Waals surface area contributed by atoms with Crippen LogP contribution in [0.2, 0.25) is 5.02 Å². The number of rotatable bonds is 7. The van der Waals surface area contributed by atoms with E-state index in [0.29, 0.717) is 28.6 Å². The van der Waals surface area contributed by atoms with Crippen molar-refractivity contribution in [1.29, 1.82) is 0 Å². The monoisotopic (exact) mass is 426 g/mol. The Morgan fingerprint density at radius 3 is 2.67 bits per heavy atom. The van der Waals surface area contributed by atoms with Crippen LogP contribution in [0.1, 0.15) is 34.3 Å². The summed E-state index contributed by atoms with van der Waals surface area (Å²) in [5.41, 5.74) is 3.23. The molecule has 1 amide bonds. The van der Waals surface area contributed by atoms with Gasteiger partial charge in [0, 0.05) is 19.2 Å². The third kappa shape index (κ3) is 4.44. The number of carbonyl (C=O) groups is 1. The van der Waals surface area contributed by atoms with E-state index in [1.54, 1.807) is 12.1 Å². The van der Waals surface area contributed by atoms with Gasteiger partial charge in [0.25, 0.3) is 5.91 Å². The van der Waals surface area contributed by atoms with E-state index in [1.807, 2.05) is 12.1 Å². The van der Waals surface area contributed by atoms with E-state index in [1.165, 1.54) is 36.5 Å². The Morgan fingerprint density at radius 2 is 1.97 bits per heavy atom. The van der Waals surface area contributed by atoms with E-state index < -0.39 is 0 Å². The van der Waals surface area contributed by atoms with Crippen LogP contribution < -0.4 is 10.1 Å². The number of likely N-dealkylation sites (tertiary alicyclic amines) is 1. The first-order valence-electron chi connectivity index (χ1n) is 9.84. The standard InChI is InChI=1S/C21H23ClN6O2/c1-30-20-11-19(28-14-24-25-26-28)18(22)10-17(20)21(29)23-12-15-6-2-3-7-16(15)13-27-8-4-5-9-27/h2-3,6-7,10-11,14H,4-5,8-9,12-13H2,1H3,(H,23,29). The zero-order valence-corrected chi connectivity index (χ0v) is 17.5. The fourth-order valence-electron chi connectivity index (χ4n) is 3.67. The average molecular weight is 427 g/mol. The van der Waals surface area contributed by atoms with Gasteiger partial charge in [-0.1, -0.05) is 35.9 Å². The lowest BCUT2D eigenvalue weighted by atomic mass is 10.1. The number of methoxy groups -OCH3 is 1. The van der Waals surface area contributed by atoms with Gasteiger partial charge in [0.1, 0.15) is 12.1 Å². The van der Waals surface area contributed by atoms with Crippen molar-refractivity contribution in [3.63, 3.8) is 0 Å². The van der Waals surface area contributed by atoms with Gasteiger partial charge in [0.15, 0.2) is 0 Å². The lowest BCUT2D eigenvalue weighted by Gasteiger charge is -2.18. The molecule has 2 aromatic carbocycles. The third-order valence-corrected chi connectivity index (χ3v) is 5.56. The molecule has 0 spiro atoms. The summed E-state index contributed by atoms with van der Waals surface area (Å²) in [6.45, 7) is 3.59. The van der Waals surface area contributed by atoms with Gasteiger partial charge < -0.3 is 10.1 Å². The Hall–Kier alpha value is -2.97. The molecule has 1 aliphatic rings. The average Bonchev–Trinajstić information content (AvgIpc) is 3.47. The SMILES string of the molecule is COc1cc(-n2cnnn2)c(Cl)cc1C(=O)NCc1ccccc1CN1CCCC1. The minimum atomic E-state index is -0.256. The van der Waals surface area contributed by atoms with E-state index >= 15 is 0 Å². The molecule has 0 aliphatic carbocycles. The van der Waals surface area contributed by atoms with Gasteiger partial charge in [-0.15, -0.1) is 5.10 Å². The molecule has 0 unspecified atom stereocenters. The first kappa shape index (κ1) is 20.3. The smallest absolute Gasteiger partial charge is 0.255 e. The first-order valence-corrected chi connectivity index (χ1v) is 10.2. The Labute approximate surface area is 179 Å². The number of carbonyl (C=O) groups excluding carboxylic acids is 1. The van der Waals surface area contributed by atoms with Crippen molar-refractivity contribution in [2.75, 3.05) is 20.2 Å². The normalized spacial score (nSPS) is 14.1. The molecule has 2 heterocycles. The van der Waals surface area contributed by atoms with Crippen LogP contribution in [-0.2, 0) is 13.1 Å². The molecule has 1 saturated heterocycles. The van der Waals surface area contributed by atoms with Crippen molar-refractivity contribution in [2.24, 2.45) is 0 Å². The molecule has 3 aromatic rings. The number of ether oxygens (including phenoxy) is 1. The predicted molar refractivity (Wildman–Crippen MR) is 113 cm³/mol. The number of aromatic nitrogens is 4. The van der Waals surface area contributed by atoms with Crippen LogP contribution >= 0.6 is 11.6 Å². The van der Waals surface area contributed by atoms with Crippen molar-refractivity contribution >= 4 is 17.5 Å². The van der Waals surface area contributed by atoms with Gasteiger partial charge in [-0.3, -0.25) is 9.69 Å². The Kier molecular flexibility index (Phi) is 6.25. The van der Waals surface area contributed by atoms with Gasteiger partial charge in [-0.25, -0.2) is 0 Å². The molecular formula is C21H23ClN6O2. The maximum atomic E-state index is 12.9. The fourth-order valence-corrected chi connectivity index (χ4v) is 3.92. The summed E-state index contributed by atoms with van der Waals surface area (Å²) >= 11 is 6.37. The number of benzene rings is 2. The number of tetrazole rings is 1. The summed E-state index contributed by atoms with van der Waals surface area (Å²) in [6.07, 6.45) is 3.93. The quantitative estimate of drug-likeness (QED) is 0.625. The topological polar surface area (TPSA) is 85.2 Å². The number of hydrogen-bond acceptors (Lipinski definition) is 6. The molecule has 0 bridgehead atoms. The lowest BCUT2D eigenvalue weighted by Crippen LogP contribution is -2.25. The van der Waals surface area contributed by atoms with Crippen LogP contribution in [-0.4, -0.2) is 51.2 Å². The molecular weight excluding hydrogens is 404 g/mol. The number of amides is 1. The molecule has 1 fully saturated rings. The molecule has 1 N–H and O–H groups in total. The molecule has 4 rings (SSSR count). The Morgan fingerprint density at radius 1 is 1.20 bits per heavy atom. The van der Waals surface area contributed by atoms with E-state index in [4.69, 9.17) is 16.3 Å². The summed E-state index contributed by atoms with van der Waals surface area (Å²) in [5, 5.41) is 14.4. The highest BCUT2D eigenvalue weighted by molar-refractivity contribution is 6.33. The second kappa shape index (κ2) is 9.23. The van der Waals surface area contributed by atoms with Gasteiger partial charge in [-0.2, -0.15) is 4.68 Å². The first-order chi connectivity index (χ1) is 14.7. The van der Waals surface area contributed by atoms with Crippen molar-refractivity contribution in [3.8, 4) is 11.4 Å². The number of hydrogen-bond donors (Lipinski definition) is 1. The molecule has 156 valence electrons. The highest BCUT2D eigenvalue weighted by Gasteiger charge is 2.18. The van der Waals surface area contributed by atoms with Crippen LogP contribution in [0.3, 0.4) is 0 Å². The summed E-state index contributed by atoms with van der Waals surface area (Å²) in [4.78, 5) is 15.3. The summed E-state index contributed by atoms with van der Waals surface area (Å²) in [7, 11) is 1.51. The zero-order chi connectivity index (χ0) is 20.9. The molecule has 8 nitrogen and oxygen atoms in total. The summed E-state index contributed by atoms with van der Waals surface area (Å²) < 4.78 is 6.83. The number of halogens is 1. The number of nitrogens with zero attached hydrogens (tertiary/aromatic N) is 5. The predicted octanol–water partition coefficient (Wildman–Crippen LogP) is 2.85. The van der Waals surface area contributed by atoms with Crippen LogP contribution in [0, 0.1) is 0 Å². The van der Waals surface area contributed by atoms with Crippen LogP contribution in [0.15, 0.2) is 42.7 Å². The van der Waals surface area contributed by atoms with Crippen molar-refractivity contribution in [2.45, 2.75) is 25.9 Å². The molecule has 1 aromatic heterocycles. The highest BCUT2D eigenvalue weighted by atomic mass is 35.5. The molecule has 1 aliphatic heterocycles.